The van der Waals surface area contributed by atoms with Crippen molar-refractivity contribution < 1.29 is 17.9 Å². The first-order chi connectivity index (χ1) is 10.5. The summed E-state index contributed by atoms with van der Waals surface area (Å²) in [6.45, 7) is 0.316. The van der Waals surface area contributed by atoms with Crippen LogP contribution in [0, 0.1) is 0 Å². The van der Waals surface area contributed by atoms with E-state index in [0.717, 1.165) is 11.1 Å². The lowest BCUT2D eigenvalue weighted by Crippen LogP contribution is -2.12. The number of carbonyl (C=O) groups excluding carboxylic acids is 1. The van der Waals surface area contributed by atoms with Crippen LogP contribution in [-0.2, 0) is 19.4 Å². The Morgan fingerprint density at radius 3 is 2.18 bits per heavy atom. The standard InChI is InChI=1S/C17H16O4S/c1-22(19,20)14-9-7-12(8-10-14)15-11-21-17(18)16(15)13-5-3-2-4-6-13/h2-10,15-16H,11H2,1H3/t15-,16+/m1/s1. The van der Waals surface area contributed by atoms with Crippen LogP contribution in [0.15, 0.2) is 59.5 Å². The maximum atomic E-state index is 12.1. The van der Waals surface area contributed by atoms with Crippen LogP contribution < -0.4 is 0 Å². The van der Waals surface area contributed by atoms with Crippen molar-refractivity contribution in [3.8, 4) is 0 Å². The van der Waals surface area contributed by atoms with Crippen LogP contribution in [0.5, 0.6) is 0 Å². The molecule has 2 aromatic rings. The number of hydrogen-bond donors (Lipinski definition) is 0. The molecule has 114 valence electrons. The van der Waals surface area contributed by atoms with Crippen LogP contribution in [0.3, 0.4) is 0 Å². The molecule has 0 aromatic heterocycles. The van der Waals surface area contributed by atoms with E-state index in [0.29, 0.717) is 6.61 Å². The highest BCUT2D eigenvalue weighted by atomic mass is 32.2. The number of ether oxygens (including phenoxy) is 1. The Hall–Kier alpha value is -2.14. The van der Waals surface area contributed by atoms with E-state index in [1.165, 1.54) is 6.26 Å². The molecule has 0 spiro atoms. The normalized spacial score (nSPS) is 21.6. The van der Waals surface area contributed by atoms with E-state index in [4.69, 9.17) is 4.74 Å². The van der Waals surface area contributed by atoms with Gasteiger partial charge in [-0.05, 0) is 23.3 Å². The van der Waals surface area contributed by atoms with E-state index in [9.17, 15) is 13.2 Å². The summed E-state index contributed by atoms with van der Waals surface area (Å²) >= 11 is 0. The Bertz CT molecular complexity index is 779. The van der Waals surface area contributed by atoms with E-state index in [2.05, 4.69) is 0 Å². The molecule has 1 aliphatic rings. The SMILES string of the molecule is CS(=O)(=O)c1ccc([C@H]2COC(=O)[C@H]2c2ccccc2)cc1. The summed E-state index contributed by atoms with van der Waals surface area (Å²) in [5.74, 6) is -0.669. The summed E-state index contributed by atoms with van der Waals surface area (Å²) in [5.41, 5.74) is 1.83. The molecular weight excluding hydrogens is 300 g/mol. The number of esters is 1. The maximum Gasteiger partial charge on any atom is 0.314 e. The molecule has 3 rings (SSSR count). The van der Waals surface area contributed by atoms with Crippen LogP contribution in [0.25, 0.3) is 0 Å². The lowest BCUT2D eigenvalue weighted by Gasteiger charge is -2.16. The molecule has 0 N–H and O–H groups in total. The Balaban J connectivity index is 1.95. The Kier molecular flexibility index (Phi) is 3.74. The second-order valence-electron chi connectivity index (χ2n) is 5.47. The fourth-order valence-electron chi connectivity index (χ4n) is 2.80. The highest BCUT2D eigenvalue weighted by Gasteiger charge is 2.38. The zero-order valence-corrected chi connectivity index (χ0v) is 12.9. The van der Waals surface area contributed by atoms with E-state index >= 15 is 0 Å². The fourth-order valence-corrected chi connectivity index (χ4v) is 3.43. The average molecular weight is 316 g/mol. The quantitative estimate of drug-likeness (QED) is 0.816. The molecule has 0 saturated carbocycles. The summed E-state index contributed by atoms with van der Waals surface area (Å²) in [6, 6.07) is 16.2. The summed E-state index contributed by atoms with van der Waals surface area (Å²) in [4.78, 5) is 12.3. The molecule has 1 saturated heterocycles. The second-order valence-corrected chi connectivity index (χ2v) is 7.48. The minimum Gasteiger partial charge on any atom is -0.465 e. The molecule has 1 fully saturated rings. The van der Waals surface area contributed by atoms with Gasteiger partial charge in [0.05, 0.1) is 17.4 Å². The summed E-state index contributed by atoms with van der Waals surface area (Å²) < 4.78 is 28.3. The smallest absolute Gasteiger partial charge is 0.314 e. The molecule has 0 radical (unpaired) electrons. The van der Waals surface area contributed by atoms with Crippen LogP contribution in [-0.4, -0.2) is 27.2 Å². The number of benzene rings is 2. The minimum absolute atomic E-state index is 0.0940. The predicted molar refractivity (Wildman–Crippen MR) is 82.4 cm³/mol. The van der Waals surface area contributed by atoms with Gasteiger partial charge >= 0.3 is 5.97 Å². The molecular formula is C17H16O4S. The van der Waals surface area contributed by atoms with Gasteiger partial charge in [-0.25, -0.2) is 8.42 Å². The molecule has 1 heterocycles. The van der Waals surface area contributed by atoms with E-state index < -0.39 is 9.84 Å². The van der Waals surface area contributed by atoms with Crippen LogP contribution in [0.1, 0.15) is 23.0 Å². The monoisotopic (exact) mass is 316 g/mol. The van der Waals surface area contributed by atoms with Crippen molar-refractivity contribution in [2.75, 3.05) is 12.9 Å². The predicted octanol–water partition coefficient (Wildman–Crippen LogP) is 2.51. The third-order valence-electron chi connectivity index (χ3n) is 3.96. The highest BCUT2D eigenvalue weighted by Crippen LogP contribution is 2.39. The van der Waals surface area contributed by atoms with Crippen LogP contribution in [0.2, 0.25) is 0 Å². The molecule has 2 atom stereocenters. The van der Waals surface area contributed by atoms with Crippen molar-refractivity contribution in [1.82, 2.24) is 0 Å². The maximum absolute atomic E-state index is 12.1. The van der Waals surface area contributed by atoms with Crippen molar-refractivity contribution in [3.63, 3.8) is 0 Å². The van der Waals surface area contributed by atoms with Gasteiger partial charge in [0, 0.05) is 12.2 Å². The Morgan fingerprint density at radius 2 is 1.59 bits per heavy atom. The Labute approximate surface area is 129 Å². The number of hydrogen-bond acceptors (Lipinski definition) is 4. The third-order valence-corrected chi connectivity index (χ3v) is 5.09. The van der Waals surface area contributed by atoms with Crippen LogP contribution in [0.4, 0.5) is 0 Å². The number of sulfone groups is 1. The molecule has 0 aliphatic carbocycles. The number of carbonyl (C=O) groups is 1. The van der Waals surface area contributed by atoms with Gasteiger partial charge in [0.2, 0.25) is 0 Å². The van der Waals surface area contributed by atoms with Crippen molar-refractivity contribution >= 4 is 15.8 Å². The zero-order valence-electron chi connectivity index (χ0n) is 12.1. The third kappa shape index (κ3) is 2.76. The van der Waals surface area contributed by atoms with Crippen LogP contribution >= 0.6 is 0 Å². The van der Waals surface area contributed by atoms with E-state index in [1.54, 1.807) is 24.3 Å². The summed E-state index contributed by atoms with van der Waals surface area (Å²) in [5, 5.41) is 0. The first-order valence-corrected chi connectivity index (χ1v) is 8.87. The Morgan fingerprint density at radius 1 is 0.955 bits per heavy atom. The lowest BCUT2D eigenvalue weighted by atomic mass is 9.84. The highest BCUT2D eigenvalue weighted by molar-refractivity contribution is 7.90. The van der Waals surface area contributed by atoms with Gasteiger partial charge < -0.3 is 4.74 Å². The topological polar surface area (TPSA) is 60.4 Å². The first kappa shape index (κ1) is 14.8. The molecule has 5 heteroatoms. The summed E-state index contributed by atoms with van der Waals surface area (Å²) in [6.07, 6.45) is 1.18. The van der Waals surface area contributed by atoms with E-state index in [1.807, 2.05) is 30.3 Å². The van der Waals surface area contributed by atoms with Gasteiger partial charge in [-0.3, -0.25) is 4.79 Å². The van der Waals surface area contributed by atoms with Gasteiger partial charge in [0.25, 0.3) is 0 Å². The van der Waals surface area contributed by atoms with Gasteiger partial charge in [-0.1, -0.05) is 42.5 Å². The fraction of sp³-hybridized carbons (Fsp3) is 0.235. The van der Waals surface area contributed by atoms with Gasteiger partial charge in [0.15, 0.2) is 9.84 Å². The van der Waals surface area contributed by atoms with Crippen molar-refractivity contribution in [2.24, 2.45) is 0 Å². The lowest BCUT2D eigenvalue weighted by molar-refractivity contribution is -0.139. The largest absolute Gasteiger partial charge is 0.465 e. The molecule has 2 aromatic carbocycles. The van der Waals surface area contributed by atoms with E-state index in [-0.39, 0.29) is 22.7 Å². The molecule has 1 aliphatic heterocycles. The minimum atomic E-state index is -3.22. The first-order valence-electron chi connectivity index (χ1n) is 6.98. The molecule has 22 heavy (non-hydrogen) atoms. The average Bonchev–Trinajstić information content (AvgIpc) is 2.89. The molecule has 0 amide bonds. The number of cyclic esters (lactones) is 1. The van der Waals surface area contributed by atoms with Gasteiger partial charge in [0.1, 0.15) is 0 Å². The van der Waals surface area contributed by atoms with Crippen molar-refractivity contribution in [2.45, 2.75) is 16.7 Å². The second kappa shape index (κ2) is 5.57. The number of rotatable bonds is 3. The zero-order chi connectivity index (χ0) is 15.7. The van der Waals surface area contributed by atoms with Gasteiger partial charge in [-0.2, -0.15) is 0 Å². The van der Waals surface area contributed by atoms with Crippen molar-refractivity contribution in [3.05, 3.63) is 65.7 Å². The van der Waals surface area contributed by atoms with Gasteiger partial charge in [-0.15, -0.1) is 0 Å². The summed E-state index contributed by atoms with van der Waals surface area (Å²) in [7, 11) is -3.22. The molecule has 4 nitrogen and oxygen atoms in total. The van der Waals surface area contributed by atoms with Crippen molar-refractivity contribution in [1.29, 1.82) is 0 Å². The molecule has 0 unspecified atom stereocenters. The molecule has 0 bridgehead atoms.